The second-order valence-electron chi connectivity index (χ2n) is 7.31. The fourth-order valence-electron chi connectivity index (χ4n) is 3.92. The molecule has 7 heteroatoms. The predicted molar refractivity (Wildman–Crippen MR) is 95.1 cm³/mol. The number of hydrogen-bond acceptors (Lipinski definition) is 4. The van der Waals surface area contributed by atoms with Gasteiger partial charge in [0, 0.05) is 43.5 Å². The summed E-state index contributed by atoms with van der Waals surface area (Å²) in [6.07, 6.45) is 3.44. The first kappa shape index (κ1) is 16.3. The van der Waals surface area contributed by atoms with Crippen LogP contribution < -0.4 is 21.4 Å². The summed E-state index contributed by atoms with van der Waals surface area (Å²) in [5.41, 5.74) is 5.26. The average molecular weight is 348 g/mol. The van der Waals surface area contributed by atoms with E-state index in [1.807, 2.05) is 13.8 Å². The molecule has 2 aromatic rings. The van der Waals surface area contributed by atoms with E-state index in [2.05, 4.69) is 5.32 Å². The number of benzene rings is 1. The van der Waals surface area contributed by atoms with E-state index in [0.29, 0.717) is 13.1 Å². The smallest absolute Gasteiger partial charge is 0.191 e. The van der Waals surface area contributed by atoms with Crippen molar-refractivity contribution in [3.63, 3.8) is 0 Å². The summed E-state index contributed by atoms with van der Waals surface area (Å²) in [7, 11) is 0. The number of anilines is 2. The van der Waals surface area contributed by atoms with Crippen molar-refractivity contribution in [2.24, 2.45) is 0 Å². The maximum atomic E-state index is 15.5. The fraction of sp³-hybridized carbons (Fsp3) is 0.500. The zero-order valence-electron chi connectivity index (χ0n) is 14.4. The van der Waals surface area contributed by atoms with E-state index in [1.54, 1.807) is 15.7 Å². The molecular weight excluding hydrogens is 326 g/mol. The van der Waals surface area contributed by atoms with E-state index in [0.717, 1.165) is 12.8 Å². The number of rotatable bonds is 2. The van der Waals surface area contributed by atoms with Crippen molar-refractivity contribution in [1.29, 1.82) is 0 Å². The third-order valence-electron chi connectivity index (χ3n) is 5.07. The highest BCUT2D eigenvalue weighted by Crippen LogP contribution is 2.41. The first-order valence-electron chi connectivity index (χ1n) is 8.70. The van der Waals surface area contributed by atoms with Crippen molar-refractivity contribution in [1.82, 2.24) is 9.88 Å². The third-order valence-corrected chi connectivity index (χ3v) is 5.07. The summed E-state index contributed by atoms with van der Waals surface area (Å²) in [5, 5.41) is 3.29. The number of fused-ring (bicyclic) bond motifs is 1. The van der Waals surface area contributed by atoms with Gasteiger partial charge in [0.25, 0.3) is 0 Å². The normalized spacial score (nSPS) is 24.1. The van der Waals surface area contributed by atoms with E-state index in [4.69, 9.17) is 5.73 Å². The number of aromatic nitrogens is 1. The van der Waals surface area contributed by atoms with Crippen molar-refractivity contribution >= 4 is 22.3 Å². The minimum absolute atomic E-state index is 0.0515. The number of nitrogens with two attached hydrogens (primary N) is 1. The Kier molecular flexibility index (Phi) is 3.72. The molecule has 134 valence electrons. The Balaban J connectivity index is 1.99. The topological polar surface area (TPSA) is 63.3 Å². The highest BCUT2D eigenvalue weighted by Gasteiger charge is 2.32. The van der Waals surface area contributed by atoms with Crippen LogP contribution in [-0.4, -0.2) is 29.7 Å². The summed E-state index contributed by atoms with van der Waals surface area (Å²) >= 11 is 0. The van der Waals surface area contributed by atoms with Gasteiger partial charge in [0.2, 0.25) is 0 Å². The largest absolute Gasteiger partial charge is 0.396 e. The fourth-order valence-corrected chi connectivity index (χ4v) is 3.92. The summed E-state index contributed by atoms with van der Waals surface area (Å²) < 4.78 is 32.2. The van der Waals surface area contributed by atoms with E-state index in [9.17, 15) is 9.18 Å². The highest BCUT2D eigenvalue weighted by molar-refractivity contribution is 5.95. The van der Waals surface area contributed by atoms with Gasteiger partial charge in [-0.25, -0.2) is 8.78 Å². The van der Waals surface area contributed by atoms with Crippen LogP contribution in [0.3, 0.4) is 0 Å². The highest BCUT2D eigenvalue weighted by atomic mass is 19.1. The molecule has 1 aromatic carbocycles. The number of nitrogens with zero attached hydrogens (tertiary/aromatic N) is 2. The third kappa shape index (κ3) is 2.57. The molecule has 0 spiro atoms. The SMILES string of the molecule is C[C@@H]1CN(c2c(F)c(N)c3c(=O)ccn(C4CC4)c3c2F)C[C@H](C)N1. The summed E-state index contributed by atoms with van der Waals surface area (Å²) in [4.78, 5) is 13.9. The van der Waals surface area contributed by atoms with Gasteiger partial charge in [-0.2, -0.15) is 0 Å². The molecule has 2 heterocycles. The average Bonchev–Trinajstić information content (AvgIpc) is 3.36. The maximum absolute atomic E-state index is 15.5. The van der Waals surface area contributed by atoms with Crippen molar-refractivity contribution in [2.75, 3.05) is 23.7 Å². The minimum Gasteiger partial charge on any atom is -0.396 e. The molecule has 1 aliphatic heterocycles. The van der Waals surface area contributed by atoms with Gasteiger partial charge in [-0.1, -0.05) is 0 Å². The molecule has 0 amide bonds. The van der Waals surface area contributed by atoms with Crippen LogP contribution in [-0.2, 0) is 0 Å². The maximum Gasteiger partial charge on any atom is 0.191 e. The van der Waals surface area contributed by atoms with Crippen molar-refractivity contribution in [2.45, 2.75) is 44.8 Å². The van der Waals surface area contributed by atoms with Crippen LogP contribution in [0.2, 0.25) is 0 Å². The van der Waals surface area contributed by atoms with E-state index >= 15 is 4.39 Å². The van der Waals surface area contributed by atoms with Gasteiger partial charge in [-0.05, 0) is 26.7 Å². The Morgan fingerprint density at radius 3 is 2.40 bits per heavy atom. The molecule has 4 rings (SSSR count). The first-order valence-corrected chi connectivity index (χ1v) is 8.70. The molecule has 2 atom stereocenters. The van der Waals surface area contributed by atoms with Gasteiger partial charge >= 0.3 is 0 Å². The Morgan fingerprint density at radius 2 is 1.80 bits per heavy atom. The van der Waals surface area contributed by atoms with E-state index < -0.39 is 17.1 Å². The summed E-state index contributed by atoms with van der Waals surface area (Å²) in [5.74, 6) is -1.52. The van der Waals surface area contributed by atoms with Gasteiger partial charge in [0.15, 0.2) is 17.1 Å². The van der Waals surface area contributed by atoms with E-state index in [1.165, 1.54) is 6.07 Å². The van der Waals surface area contributed by atoms with Gasteiger partial charge < -0.3 is 20.5 Å². The zero-order valence-corrected chi connectivity index (χ0v) is 14.4. The second kappa shape index (κ2) is 5.69. The van der Waals surface area contributed by atoms with Crippen molar-refractivity contribution in [3.05, 3.63) is 34.1 Å². The Labute approximate surface area is 144 Å². The van der Waals surface area contributed by atoms with Gasteiger partial charge in [-0.3, -0.25) is 4.79 Å². The lowest BCUT2D eigenvalue weighted by Gasteiger charge is -2.38. The molecule has 0 unspecified atom stereocenters. The van der Waals surface area contributed by atoms with Gasteiger partial charge in [-0.15, -0.1) is 0 Å². The van der Waals surface area contributed by atoms with Crippen LogP contribution in [0.15, 0.2) is 17.1 Å². The lowest BCUT2D eigenvalue weighted by molar-refractivity contribution is 0.400. The molecule has 5 nitrogen and oxygen atoms in total. The number of pyridine rings is 1. The van der Waals surface area contributed by atoms with Crippen LogP contribution in [0.1, 0.15) is 32.7 Å². The molecule has 25 heavy (non-hydrogen) atoms. The lowest BCUT2D eigenvalue weighted by Crippen LogP contribution is -2.54. The van der Waals surface area contributed by atoms with Crippen LogP contribution in [0.4, 0.5) is 20.2 Å². The number of halogens is 2. The van der Waals surface area contributed by atoms with Crippen LogP contribution in [0, 0.1) is 11.6 Å². The number of piperazine rings is 1. The molecule has 0 bridgehead atoms. The second-order valence-corrected chi connectivity index (χ2v) is 7.31. The van der Waals surface area contributed by atoms with Gasteiger partial charge in [0.05, 0.1) is 16.6 Å². The van der Waals surface area contributed by atoms with Crippen LogP contribution >= 0.6 is 0 Å². The molecule has 1 saturated carbocycles. The lowest BCUT2D eigenvalue weighted by atomic mass is 10.1. The molecule has 0 radical (unpaired) electrons. The minimum atomic E-state index is -0.836. The van der Waals surface area contributed by atoms with E-state index in [-0.39, 0.29) is 40.4 Å². The summed E-state index contributed by atoms with van der Waals surface area (Å²) in [6.45, 7) is 4.90. The standard InChI is InChI=1S/C18H22F2N4O/c1-9-7-23(8-10(2)22-9)18-14(19)16(21)13-12(25)5-6-24(11-3-4-11)17(13)15(18)20/h5-6,9-11,22H,3-4,7-8,21H2,1-2H3/t9-,10+. The molecule has 1 saturated heterocycles. The van der Waals surface area contributed by atoms with Crippen LogP contribution in [0.5, 0.6) is 0 Å². The quantitative estimate of drug-likeness (QED) is 0.818. The number of nitrogens with one attached hydrogen (secondary N) is 1. The Bertz CT molecular complexity index is 896. The Hall–Kier alpha value is -2.15. The molecule has 2 aliphatic rings. The monoisotopic (exact) mass is 348 g/mol. The molecule has 3 N–H and O–H groups in total. The zero-order chi connectivity index (χ0) is 17.9. The first-order chi connectivity index (χ1) is 11.9. The van der Waals surface area contributed by atoms with Crippen molar-refractivity contribution in [3.8, 4) is 0 Å². The van der Waals surface area contributed by atoms with Crippen LogP contribution in [0.25, 0.3) is 10.9 Å². The summed E-state index contributed by atoms with van der Waals surface area (Å²) in [6, 6.07) is 1.68. The molecule has 1 aromatic heterocycles. The van der Waals surface area contributed by atoms with Crippen molar-refractivity contribution < 1.29 is 8.78 Å². The predicted octanol–water partition coefficient (Wildman–Crippen LogP) is 2.38. The number of hydrogen-bond donors (Lipinski definition) is 2. The molecular formula is C18H22F2N4O. The Morgan fingerprint density at radius 1 is 1.16 bits per heavy atom. The number of nitrogen functional groups attached to an aromatic ring is 1. The molecule has 2 fully saturated rings. The molecule has 1 aliphatic carbocycles. The van der Waals surface area contributed by atoms with Gasteiger partial charge in [0.1, 0.15) is 5.69 Å².